The van der Waals surface area contributed by atoms with Crippen molar-refractivity contribution in [2.45, 2.75) is 73.3 Å². The number of hydrogen-bond donors (Lipinski definition) is 0. The van der Waals surface area contributed by atoms with Crippen LogP contribution >= 0.6 is 0 Å². The number of nitrogens with zero attached hydrogens (tertiary/aromatic N) is 3. The van der Waals surface area contributed by atoms with Crippen LogP contribution in [0.1, 0.15) is 78.3 Å². The molecule has 1 amide bonds. The smallest absolute Gasteiger partial charge is 0.262 e. The third kappa shape index (κ3) is 4.98. The molecule has 2 aliphatic rings. The van der Waals surface area contributed by atoms with E-state index < -0.39 is 0 Å². The van der Waals surface area contributed by atoms with Crippen LogP contribution < -0.4 is 9.80 Å². The van der Waals surface area contributed by atoms with Crippen molar-refractivity contribution in [2.24, 2.45) is 5.41 Å². The number of aryl methyl sites for hydroxylation is 3. The number of anilines is 2. The summed E-state index contributed by atoms with van der Waals surface area (Å²) in [7, 11) is 1.81. The summed E-state index contributed by atoms with van der Waals surface area (Å²) in [5.74, 6) is 0.459. The minimum absolute atomic E-state index is 0.0402. The van der Waals surface area contributed by atoms with Crippen LogP contribution in [0.2, 0.25) is 0 Å². The normalized spacial score (nSPS) is 19.0. The maximum atomic E-state index is 14.4. The van der Waals surface area contributed by atoms with Gasteiger partial charge in [0.25, 0.3) is 5.91 Å². The lowest BCUT2D eigenvalue weighted by Crippen LogP contribution is -2.50. The largest absolute Gasteiger partial charge is 0.381 e. The Labute approximate surface area is 234 Å². The number of carbonyl (C=O) groups excluding carboxylic acids is 1. The molecule has 3 heterocycles. The van der Waals surface area contributed by atoms with Crippen LogP contribution in [0.4, 0.5) is 11.4 Å². The predicted octanol–water partition coefficient (Wildman–Crippen LogP) is 7.25. The number of fused-ring (bicyclic) bond motifs is 1. The Morgan fingerprint density at radius 1 is 0.949 bits per heavy atom. The average Bonchev–Trinajstić information content (AvgIpc) is 2.88. The Kier molecular flexibility index (Phi) is 7.32. The Morgan fingerprint density at radius 3 is 2.31 bits per heavy atom. The topological polar surface area (TPSA) is 45.7 Å². The Balaban J connectivity index is 1.66. The summed E-state index contributed by atoms with van der Waals surface area (Å²) in [6.45, 7) is 17.6. The minimum Gasteiger partial charge on any atom is -0.381 e. The summed E-state index contributed by atoms with van der Waals surface area (Å²) >= 11 is 0. The molecule has 5 rings (SSSR count). The van der Waals surface area contributed by atoms with Crippen LogP contribution in [-0.4, -0.2) is 43.7 Å². The molecule has 5 nitrogen and oxygen atoms in total. The maximum absolute atomic E-state index is 14.4. The summed E-state index contributed by atoms with van der Waals surface area (Å²) in [4.78, 5) is 24.0. The van der Waals surface area contributed by atoms with E-state index in [9.17, 15) is 4.79 Å². The molecular weight excluding hydrogens is 482 g/mol. The summed E-state index contributed by atoms with van der Waals surface area (Å²) in [6, 6.07) is 15.1. The van der Waals surface area contributed by atoms with Crippen molar-refractivity contribution in [1.29, 1.82) is 0 Å². The van der Waals surface area contributed by atoms with E-state index in [-0.39, 0.29) is 17.4 Å². The van der Waals surface area contributed by atoms with Gasteiger partial charge >= 0.3 is 0 Å². The first-order chi connectivity index (χ1) is 18.5. The molecule has 2 aromatic carbocycles. The number of aromatic nitrogens is 1. The predicted molar refractivity (Wildman–Crippen MR) is 161 cm³/mol. The maximum Gasteiger partial charge on any atom is 0.262 e. The molecule has 0 N–H and O–H groups in total. The van der Waals surface area contributed by atoms with E-state index in [0.717, 1.165) is 59.8 Å². The van der Waals surface area contributed by atoms with Gasteiger partial charge in [0.1, 0.15) is 0 Å². The van der Waals surface area contributed by atoms with Gasteiger partial charge in [-0.3, -0.25) is 9.78 Å². The summed E-state index contributed by atoms with van der Waals surface area (Å²) < 4.78 is 5.85. The molecule has 0 radical (unpaired) electrons. The fourth-order valence-corrected chi connectivity index (χ4v) is 6.53. The van der Waals surface area contributed by atoms with Gasteiger partial charge in [-0.1, -0.05) is 58.0 Å². The van der Waals surface area contributed by atoms with Crippen molar-refractivity contribution >= 4 is 17.3 Å². The molecule has 0 aliphatic carbocycles. The fourth-order valence-electron chi connectivity index (χ4n) is 6.53. The molecule has 0 spiro atoms. The number of ether oxygens (including phenoxy) is 1. The molecule has 2 aliphatic heterocycles. The van der Waals surface area contributed by atoms with E-state index in [2.05, 4.69) is 95.8 Å². The van der Waals surface area contributed by atoms with Crippen molar-refractivity contribution in [2.75, 3.05) is 36.5 Å². The van der Waals surface area contributed by atoms with E-state index in [1.165, 1.54) is 22.3 Å². The zero-order chi connectivity index (χ0) is 28.1. The van der Waals surface area contributed by atoms with Crippen molar-refractivity contribution < 1.29 is 9.53 Å². The third-order valence-electron chi connectivity index (χ3n) is 8.79. The highest BCUT2D eigenvalue weighted by Crippen LogP contribution is 2.40. The molecule has 1 fully saturated rings. The van der Waals surface area contributed by atoms with E-state index in [0.29, 0.717) is 12.5 Å². The third-order valence-corrected chi connectivity index (χ3v) is 8.79. The second kappa shape index (κ2) is 10.4. The minimum atomic E-state index is -0.0402. The Hall–Kier alpha value is -3.18. The highest BCUT2D eigenvalue weighted by Gasteiger charge is 2.39. The van der Waals surface area contributed by atoms with Crippen molar-refractivity contribution in [3.05, 3.63) is 76.0 Å². The monoisotopic (exact) mass is 525 g/mol. The van der Waals surface area contributed by atoms with Gasteiger partial charge in [0.15, 0.2) is 0 Å². The van der Waals surface area contributed by atoms with Gasteiger partial charge in [-0.2, -0.15) is 0 Å². The second-order valence-electron chi connectivity index (χ2n) is 12.4. The molecule has 206 valence electrons. The highest BCUT2D eigenvalue weighted by atomic mass is 16.5. The summed E-state index contributed by atoms with van der Waals surface area (Å²) in [5, 5.41) is 0. The Morgan fingerprint density at radius 2 is 1.67 bits per heavy atom. The highest BCUT2D eigenvalue weighted by molar-refractivity contribution is 6.12. The van der Waals surface area contributed by atoms with E-state index >= 15 is 0 Å². The molecule has 5 heteroatoms. The van der Waals surface area contributed by atoms with Crippen molar-refractivity contribution in [1.82, 2.24) is 4.98 Å². The van der Waals surface area contributed by atoms with Gasteiger partial charge in [-0.25, -0.2) is 0 Å². The van der Waals surface area contributed by atoms with Gasteiger partial charge in [-0.05, 0) is 67.5 Å². The number of hydrogen-bond acceptors (Lipinski definition) is 4. The van der Waals surface area contributed by atoms with Crippen LogP contribution in [-0.2, 0) is 11.2 Å². The van der Waals surface area contributed by atoms with Crippen LogP contribution in [0.15, 0.2) is 42.5 Å². The summed E-state index contributed by atoms with van der Waals surface area (Å²) in [5.41, 5.74) is 10.6. The van der Waals surface area contributed by atoms with Gasteiger partial charge in [-0.15, -0.1) is 0 Å². The molecule has 1 atom stereocenters. The van der Waals surface area contributed by atoms with E-state index in [4.69, 9.17) is 9.72 Å². The summed E-state index contributed by atoms with van der Waals surface area (Å²) in [6.07, 6.45) is 1.85. The van der Waals surface area contributed by atoms with Crippen molar-refractivity contribution in [3.63, 3.8) is 0 Å². The van der Waals surface area contributed by atoms with Crippen LogP contribution in [0.5, 0.6) is 0 Å². The lowest BCUT2D eigenvalue weighted by Gasteiger charge is -2.45. The van der Waals surface area contributed by atoms with Gasteiger partial charge in [0.2, 0.25) is 0 Å². The average molecular weight is 526 g/mol. The quantitative estimate of drug-likeness (QED) is 0.352. The van der Waals surface area contributed by atoms with Gasteiger partial charge in [0.05, 0.1) is 28.7 Å². The molecular formula is C34H43N3O2. The van der Waals surface area contributed by atoms with E-state index in [1.807, 2.05) is 12.0 Å². The number of carbonyl (C=O) groups is 1. The molecule has 0 saturated carbocycles. The zero-order valence-electron chi connectivity index (χ0n) is 24.9. The first-order valence-electron chi connectivity index (χ1n) is 14.3. The zero-order valence-corrected chi connectivity index (χ0v) is 24.9. The molecule has 1 aromatic heterocycles. The molecule has 0 bridgehead atoms. The first kappa shape index (κ1) is 27.4. The van der Waals surface area contributed by atoms with E-state index in [1.54, 1.807) is 0 Å². The lowest BCUT2D eigenvalue weighted by atomic mass is 9.80. The number of methoxy groups -OCH3 is 1. The first-order valence-corrected chi connectivity index (χ1v) is 14.3. The molecule has 39 heavy (non-hydrogen) atoms. The molecule has 3 aromatic rings. The van der Waals surface area contributed by atoms with Crippen LogP contribution in [0.25, 0.3) is 11.3 Å². The lowest BCUT2D eigenvalue weighted by molar-refractivity contribution is -0.00631. The van der Waals surface area contributed by atoms with Gasteiger partial charge < -0.3 is 14.5 Å². The molecule has 1 saturated heterocycles. The number of rotatable bonds is 5. The SMILES string of the molecule is COC1CCN(c2cc(-c3c(C)cccc3C)nc3c2C(=O)N(c2cc(C(C)C)ccc2C)CC3)CC1(C)C. The molecule has 1 unspecified atom stereocenters. The van der Waals surface area contributed by atoms with Crippen molar-refractivity contribution in [3.8, 4) is 11.3 Å². The van der Waals surface area contributed by atoms with Crippen LogP contribution in [0, 0.1) is 26.2 Å². The Bertz CT molecular complexity index is 1390. The van der Waals surface area contributed by atoms with Crippen LogP contribution in [0.3, 0.4) is 0 Å². The standard InChI is InChI=1S/C34H43N3O2/c1-21(2)25-13-12-22(3)28(18-25)37-17-14-26-32(33(37)38)29(36-16-15-30(39-8)34(6,7)20-36)19-27(35-26)31-23(4)10-9-11-24(31)5/h9-13,18-19,21,30H,14-17,20H2,1-8H3. The number of benzene rings is 2. The second-order valence-corrected chi connectivity index (χ2v) is 12.4. The number of amides is 1. The fraction of sp³-hybridized carbons (Fsp3) is 0.471. The van der Waals surface area contributed by atoms with Gasteiger partial charge in [0, 0.05) is 49.8 Å². The number of piperidine rings is 1. The number of pyridine rings is 1.